The maximum atomic E-state index is 11.2. The number of halogens is 1. The summed E-state index contributed by atoms with van der Waals surface area (Å²) in [5, 5.41) is 13.5. The zero-order chi connectivity index (χ0) is 26.6. The summed E-state index contributed by atoms with van der Waals surface area (Å²) in [7, 11) is 4.66. The number of fused-ring (bicyclic) bond motifs is 1. The molecule has 189 valence electrons. The Bertz CT molecular complexity index is 1360. The van der Waals surface area contributed by atoms with Crippen molar-refractivity contribution in [3.05, 3.63) is 52.3 Å². The maximum Gasteiger partial charge on any atom is 0.329 e. The highest BCUT2D eigenvalue weighted by Crippen LogP contribution is 2.44. The van der Waals surface area contributed by atoms with Crippen LogP contribution in [0.25, 0.3) is 11.3 Å². The van der Waals surface area contributed by atoms with E-state index >= 15 is 0 Å². The molecule has 0 amide bonds. The Labute approximate surface area is 222 Å². The normalized spacial score (nSPS) is 13.6. The fourth-order valence-corrected chi connectivity index (χ4v) is 4.74. The predicted octanol–water partition coefficient (Wildman–Crippen LogP) is 4.30. The lowest BCUT2D eigenvalue weighted by Gasteiger charge is -2.20. The molecule has 0 saturated heterocycles. The van der Waals surface area contributed by atoms with Gasteiger partial charge in [0.2, 0.25) is 11.8 Å². The van der Waals surface area contributed by atoms with Crippen molar-refractivity contribution >= 4 is 42.5 Å². The van der Waals surface area contributed by atoms with Crippen LogP contribution in [0.15, 0.2) is 30.5 Å². The Morgan fingerprint density at radius 3 is 2.81 bits per heavy atom. The summed E-state index contributed by atoms with van der Waals surface area (Å²) < 4.78 is 10.6. The summed E-state index contributed by atoms with van der Waals surface area (Å²) in [5.74, 6) is 0.707. The average Bonchev–Trinajstić information content (AvgIpc) is 3.14. The van der Waals surface area contributed by atoms with Crippen LogP contribution in [-0.4, -0.2) is 55.9 Å². The second-order valence-corrected chi connectivity index (χ2v) is 9.70. The van der Waals surface area contributed by atoms with Crippen molar-refractivity contribution in [1.82, 2.24) is 15.0 Å². The average molecular weight is 518 g/mol. The summed E-state index contributed by atoms with van der Waals surface area (Å²) >= 11 is 6.48. The number of methoxy groups -OCH3 is 2. The second-order valence-electron chi connectivity index (χ2n) is 9.29. The third-order valence-corrected chi connectivity index (χ3v) is 6.55. The fraction of sp³-hybridized carbons (Fsp3) is 0.346. The number of hydrogen-bond donors (Lipinski definition) is 1. The molecule has 0 aliphatic carbocycles. The van der Waals surface area contributed by atoms with E-state index < -0.39 is 0 Å². The zero-order valence-corrected chi connectivity index (χ0v) is 22.0. The van der Waals surface area contributed by atoms with Crippen LogP contribution in [0.5, 0.6) is 5.88 Å². The lowest BCUT2D eigenvalue weighted by atomic mass is 9.84. The van der Waals surface area contributed by atoms with Crippen molar-refractivity contribution in [3.8, 4) is 23.2 Å². The first-order valence-electron chi connectivity index (χ1n) is 11.8. The molecule has 1 aliphatic heterocycles. The molecule has 37 heavy (non-hydrogen) atoms. The number of aryl methyl sites for hydroxylation is 1. The molecule has 0 saturated carbocycles. The molecular formula is C26H27BClN6O3. The number of ether oxygens (including phenoxy) is 2. The number of nitriles is 1. The van der Waals surface area contributed by atoms with Crippen LogP contribution in [0.3, 0.4) is 0 Å². The lowest BCUT2D eigenvalue weighted by Crippen LogP contribution is -2.32. The first kappa shape index (κ1) is 26.4. The van der Waals surface area contributed by atoms with E-state index in [-0.39, 0.29) is 5.41 Å². The number of pyridine rings is 1. The number of carbonyl (C=O) groups excluding carboxylic acids is 1. The summed E-state index contributed by atoms with van der Waals surface area (Å²) in [6.07, 6.45) is 3.83. The maximum absolute atomic E-state index is 11.2. The van der Waals surface area contributed by atoms with Gasteiger partial charge in [-0.25, -0.2) is 15.0 Å². The molecule has 2 aromatic heterocycles. The molecule has 4 rings (SSSR count). The Morgan fingerprint density at radius 2 is 2.11 bits per heavy atom. The number of rotatable bonds is 10. The van der Waals surface area contributed by atoms with Crippen molar-refractivity contribution in [3.63, 3.8) is 0 Å². The van der Waals surface area contributed by atoms with Crippen molar-refractivity contribution in [2.24, 2.45) is 0 Å². The van der Waals surface area contributed by atoms with E-state index in [2.05, 4.69) is 40.2 Å². The van der Waals surface area contributed by atoms with E-state index in [9.17, 15) is 10.1 Å². The third kappa shape index (κ3) is 5.53. The van der Waals surface area contributed by atoms with E-state index in [0.717, 1.165) is 35.1 Å². The van der Waals surface area contributed by atoms with Crippen molar-refractivity contribution in [2.45, 2.75) is 32.1 Å². The van der Waals surface area contributed by atoms with E-state index in [1.54, 1.807) is 38.6 Å². The largest absolute Gasteiger partial charge is 0.480 e. The molecule has 1 radical (unpaired) electrons. The van der Waals surface area contributed by atoms with Crippen LogP contribution >= 0.6 is 11.6 Å². The minimum Gasteiger partial charge on any atom is -0.480 e. The molecule has 1 aliphatic rings. The first-order chi connectivity index (χ1) is 17.8. The van der Waals surface area contributed by atoms with Gasteiger partial charge in [0, 0.05) is 43.1 Å². The second kappa shape index (κ2) is 11.2. The van der Waals surface area contributed by atoms with Gasteiger partial charge in [0.05, 0.1) is 29.1 Å². The highest BCUT2D eigenvalue weighted by atomic mass is 35.5. The molecule has 0 spiro atoms. The Balaban J connectivity index is 1.67. The van der Waals surface area contributed by atoms with Crippen molar-refractivity contribution in [2.75, 3.05) is 37.5 Å². The standard InChI is InChI=1S/C26H27BClN6O3/c1-26(2)14-34(27-15-35)23-17(13-29)10-16(11-18(23)26)20-7-8-30-25(32-20)33-22-12-19(28)21(6-5-9-36-3)31-24(22)37-4/h7-8,10-12,15H,5-6,9,14H2,1-4H3,(H,30,32,33). The lowest BCUT2D eigenvalue weighted by molar-refractivity contribution is 0.195. The van der Waals surface area contributed by atoms with Crippen LogP contribution < -0.4 is 14.9 Å². The minimum atomic E-state index is -0.259. The van der Waals surface area contributed by atoms with Gasteiger partial charge in [-0.2, -0.15) is 5.26 Å². The molecule has 1 aromatic carbocycles. The SMILES string of the molecule is COCCCc1nc(OC)c(Nc2nccc(-c3cc(C#N)c4c(c3)C(C)(C)CN4[B]C=O)n2)cc1Cl. The van der Waals surface area contributed by atoms with Crippen LogP contribution in [-0.2, 0) is 21.4 Å². The van der Waals surface area contributed by atoms with Gasteiger partial charge in [0.25, 0.3) is 0 Å². The number of carbonyl (C=O) groups is 1. The predicted molar refractivity (Wildman–Crippen MR) is 144 cm³/mol. The van der Waals surface area contributed by atoms with Gasteiger partial charge in [-0.1, -0.05) is 25.4 Å². The van der Waals surface area contributed by atoms with Crippen LogP contribution in [0, 0.1) is 11.3 Å². The highest BCUT2D eigenvalue weighted by molar-refractivity contribution is 6.70. The number of hydrogen-bond acceptors (Lipinski definition) is 9. The molecule has 3 aromatic rings. The van der Waals surface area contributed by atoms with Crippen molar-refractivity contribution in [1.29, 1.82) is 5.26 Å². The summed E-state index contributed by atoms with van der Waals surface area (Å²) in [5.41, 5.74) is 4.63. The van der Waals surface area contributed by atoms with Crippen LogP contribution in [0.2, 0.25) is 5.02 Å². The molecule has 11 heteroatoms. The molecular weight excluding hydrogens is 491 g/mol. The van der Waals surface area contributed by atoms with Gasteiger partial charge >= 0.3 is 7.41 Å². The summed E-state index contributed by atoms with van der Waals surface area (Å²) in [6.45, 7) is 5.39. The molecule has 1 N–H and O–H groups in total. The Kier molecular flexibility index (Phi) is 7.96. The quantitative estimate of drug-likeness (QED) is 0.239. The molecule has 0 unspecified atom stereocenters. The van der Waals surface area contributed by atoms with Gasteiger partial charge < -0.3 is 24.4 Å². The first-order valence-corrected chi connectivity index (χ1v) is 12.2. The topological polar surface area (TPSA) is 113 Å². The summed E-state index contributed by atoms with van der Waals surface area (Å²) in [4.78, 5) is 26.6. The molecule has 0 bridgehead atoms. The number of nitrogens with zero attached hydrogens (tertiary/aromatic N) is 5. The van der Waals surface area contributed by atoms with Gasteiger partial charge in [0.15, 0.2) is 0 Å². The number of benzene rings is 1. The van der Waals surface area contributed by atoms with Gasteiger partial charge in [-0.15, -0.1) is 0 Å². The molecule has 0 fully saturated rings. The van der Waals surface area contributed by atoms with E-state index in [0.29, 0.717) is 53.4 Å². The molecule has 0 atom stereocenters. The molecule has 9 nitrogen and oxygen atoms in total. The van der Waals surface area contributed by atoms with Gasteiger partial charge in [0.1, 0.15) is 17.9 Å². The Hall–Kier alpha value is -3.68. The zero-order valence-electron chi connectivity index (χ0n) is 21.2. The van der Waals surface area contributed by atoms with Crippen LogP contribution in [0.1, 0.15) is 37.1 Å². The van der Waals surface area contributed by atoms with Gasteiger partial charge in [-0.3, -0.25) is 0 Å². The third-order valence-electron chi connectivity index (χ3n) is 6.22. The van der Waals surface area contributed by atoms with Crippen molar-refractivity contribution < 1.29 is 14.3 Å². The smallest absolute Gasteiger partial charge is 0.329 e. The fourth-order valence-electron chi connectivity index (χ4n) is 4.50. The van der Waals surface area contributed by atoms with E-state index in [1.165, 1.54) is 7.41 Å². The number of aromatic nitrogens is 3. The highest BCUT2D eigenvalue weighted by Gasteiger charge is 2.37. The minimum absolute atomic E-state index is 0.259. The van der Waals surface area contributed by atoms with Crippen LogP contribution in [0.4, 0.5) is 17.3 Å². The van der Waals surface area contributed by atoms with E-state index in [1.807, 2.05) is 10.9 Å². The molecule has 3 heterocycles. The number of nitrogens with one attached hydrogen (secondary N) is 1. The summed E-state index contributed by atoms with van der Waals surface area (Å²) in [6, 6.07) is 9.61. The van der Waals surface area contributed by atoms with Gasteiger partial charge in [-0.05, 0) is 42.7 Å². The Morgan fingerprint density at radius 1 is 1.30 bits per heavy atom. The van der Waals surface area contributed by atoms with E-state index in [4.69, 9.17) is 21.1 Å². The number of anilines is 3. The monoisotopic (exact) mass is 517 g/mol.